The van der Waals surface area contributed by atoms with Crippen molar-refractivity contribution in [2.24, 2.45) is 0 Å². The molecule has 0 saturated heterocycles. The summed E-state index contributed by atoms with van der Waals surface area (Å²) in [5.74, 6) is -0.877. The SMILES string of the molecule is CCCNC(=O)[C@H](Cc1ccccc1)N(Cc1ccccc1Cl)C(=O)CN(c1cc(Cl)ccc1C)S(C)(=O)=O. The Morgan fingerprint density at radius 1 is 0.974 bits per heavy atom. The Balaban J connectivity index is 2.08. The highest BCUT2D eigenvalue weighted by atomic mass is 35.5. The zero-order valence-corrected chi connectivity index (χ0v) is 24.6. The van der Waals surface area contributed by atoms with E-state index in [1.807, 2.05) is 37.3 Å². The van der Waals surface area contributed by atoms with E-state index in [1.165, 1.54) is 11.0 Å². The van der Waals surface area contributed by atoms with E-state index in [1.54, 1.807) is 43.3 Å². The van der Waals surface area contributed by atoms with Gasteiger partial charge in [-0.3, -0.25) is 13.9 Å². The molecule has 208 valence electrons. The molecule has 3 rings (SSSR count). The largest absolute Gasteiger partial charge is 0.354 e. The highest BCUT2D eigenvalue weighted by molar-refractivity contribution is 7.92. The molecule has 3 aromatic rings. The average molecular weight is 591 g/mol. The minimum absolute atomic E-state index is 0.0156. The fraction of sp³-hybridized carbons (Fsp3) is 0.310. The molecule has 10 heteroatoms. The molecule has 0 aliphatic rings. The molecule has 0 aliphatic carbocycles. The second-order valence-electron chi connectivity index (χ2n) is 9.31. The van der Waals surface area contributed by atoms with Gasteiger partial charge in [0.05, 0.1) is 11.9 Å². The Morgan fingerprint density at radius 3 is 2.28 bits per heavy atom. The van der Waals surface area contributed by atoms with Gasteiger partial charge in [-0.1, -0.05) is 84.7 Å². The predicted molar refractivity (Wildman–Crippen MR) is 158 cm³/mol. The second-order valence-corrected chi connectivity index (χ2v) is 12.1. The summed E-state index contributed by atoms with van der Waals surface area (Å²) in [5.41, 5.74) is 2.43. The lowest BCUT2D eigenvalue weighted by molar-refractivity contribution is -0.140. The van der Waals surface area contributed by atoms with E-state index >= 15 is 0 Å². The van der Waals surface area contributed by atoms with Crippen LogP contribution in [0, 0.1) is 6.92 Å². The van der Waals surface area contributed by atoms with Gasteiger partial charge in [-0.05, 0) is 48.2 Å². The van der Waals surface area contributed by atoms with E-state index in [0.717, 1.165) is 22.5 Å². The van der Waals surface area contributed by atoms with Crippen LogP contribution in [0.2, 0.25) is 10.0 Å². The number of anilines is 1. The molecular formula is C29H33Cl2N3O4S. The van der Waals surface area contributed by atoms with Crippen LogP contribution in [0.3, 0.4) is 0 Å². The first-order valence-electron chi connectivity index (χ1n) is 12.6. The van der Waals surface area contributed by atoms with Crippen LogP contribution >= 0.6 is 23.2 Å². The minimum atomic E-state index is -3.89. The number of halogens is 2. The summed E-state index contributed by atoms with van der Waals surface area (Å²) in [6.45, 7) is 3.62. The number of nitrogens with one attached hydrogen (secondary N) is 1. The van der Waals surface area contributed by atoms with Gasteiger partial charge in [-0.15, -0.1) is 0 Å². The second kappa shape index (κ2) is 13.8. The fourth-order valence-electron chi connectivity index (χ4n) is 4.18. The molecule has 2 amide bonds. The van der Waals surface area contributed by atoms with Crippen molar-refractivity contribution < 1.29 is 18.0 Å². The van der Waals surface area contributed by atoms with Crippen LogP contribution in [-0.4, -0.2) is 50.5 Å². The smallest absolute Gasteiger partial charge is 0.244 e. The van der Waals surface area contributed by atoms with Crippen molar-refractivity contribution in [1.82, 2.24) is 10.2 Å². The minimum Gasteiger partial charge on any atom is -0.354 e. The third-order valence-corrected chi connectivity index (χ3v) is 7.97. The normalized spacial score (nSPS) is 12.0. The van der Waals surface area contributed by atoms with Crippen molar-refractivity contribution in [3.8, 4) is 0 Å². The van der Waals surface area contributed by atoms with Crippen LogP contribution in [0.4, 0.5) is 5.69 Å². The quantitative estimate of drug-likeness (QED) is 0.313. The first kappa shape index (κ1) is 30.5. The number of sulfonamides is 1. The maximum atomic E-state index is 14.1. The summed E-state index contributed by atoms with van der Waals surface area (Å²) in [7, 11) is -3.89. The summed E-state index contributed by atoms with van der Waals surface area (Å²) >= 11 is 12.6. The van der Waals surface area contributed by atoms with Gasteiger partial charge in [0.2, 0.25) is 21.8 Å². The number of carbonyl (C=O) groups excluding carboxylic acids is 2. The van der Waals surface area contributed by atoms with Gasteiger partial charge >= 0.3 is 0 Å². The summed E-state index contributed by atoms with van der Waals surface area (Å²) < 4.78 is 26.9. The predicted octanol–water partition coefficient (Wildman–Crippen LogP) is 5.23. The van der Waals surface area contributed by atoms with Gasteiger partial charge in [-0.25, -0.2) is 8.42 Å². The van der Waals surface area contributed by atoms with Crippen molar-refractivity contribution in [3.63, 3.8) is 0 Å². The van der Waals surface area contributed by atoms with Gasteiger partial charge in [0, 0.05) is 29.6 Å². The molecule has 0 unspecified atom stereocenters. The Bertz CT molecular complexity index is 1400. The lowest BCUT2D eigenvalue weighted by Gasteiger charge is -2.34. The van der Waals surface area contributed by atoms with Gasteiger partial charge in [0.15, 0.2) is 0 Å². The number of aryl methyl sites for hydroxylation is 1. The zero-order chi connectivity index (χ0) is 28.6. The third-order valence-electron chi connectivity index (χ3n) is 6.24. The zero-order valence-electron chi connectivity index (χ0n) is 22.2. The molecule has 0 fully saturated rings. The number of hydrogen-bond donors (Lipinski definition) is 1. The standard InChI is InChI=1S/C29H33Cl2N3O4S/c1-4-16-32-29(36)27(17-22-10-6-5-7-11-22)33(19-23-12-8-9-13-25(23)31)28(35)20-34(39(3,37)38)26-18-24(30)15-14-21(26)2/h5-15,18,27H,4,16-17,19-20H2,1-3H3,(H,32,36)/t27-/m0/s1. The topological polar surface area (TPSA) is 86.8 Å². The van der Waals surface area contributed by atoms with E-state index in [9.17, 15) is 18.0 Å². The monoisotopic (exact) mass is 589 g/mol. The molecule has 1 N–H and O–H groups in total. The maximum Gasteiger partial charge on any atom is 0.244 e. The molecule has 1 atom stereocenters. The Hall–Kier alpha value is -3.07. The van der Waals surface area contributed by atoms with Crippen LogP contribution < -0.4 is 9.62 Å². The van der Waals surface area contributed by atoms with Crippen molar-refractivity contribution in [1.29, 1.82) is 0 Å². The van der Waals surface area contributed by atoms with E-state index in [-0.39, 0.29) is 18.9 Å². The summed E-state index contributed by atoms with van der Waals surface area (Å²) in [4.78, 5) is 29.0. The van der Waals surface area contributed by atoms with E-state index in [0.29, 0.717) is 33.4 Å². The third kappa shape index (κ3) is 8.46. The first-order valence-corrected chi connectivity index (χ1v) is 15.2. The number of nitrogens with zero attached hydrogens (tertiary/aromatic N) is 2. The van der Waals surface area contributed by atoms with E-state index in [4.69, 9.17) is 23.2 Å². The van der Waals surface area contributed by atoms with Crippen molar-refractivity contribution >= 4 is 50.7 Å². The fourth-order valence-corrected chi connectivity index (χ4v) is 5.44. The number of benzene rings is 3. The molecule has 3 aromatic carbocycles. The lowest BCUT2D eigenvalue weighted by Crippen LogP contribution is -2.53. The van der Waals surface area contributed by atoms with Crippen LogP contribution in [0.5, 0.6) is 0 Å². The lowest BCUT2D eigenvalue weighted by atomic mass is 10.0. The van der Waals surface area contributed by atoms with Gasteiger partial charge in [0.25, 0.3) is 0 Å². The molecule has 0 radical (unpaired) electrons. The van der Waals surface area contributed by atoms with E-state index in [2.05, 4.69) is 5.32 Å². The Kier molecular flexibility index (Phi) is 10.8. The van der Waals surface area contributed by atoms with Crippen molar-refractivity contribution in [2.75, 3.05) is 23.7 Å². The first-order chi connectivity index (χ1) is 18.5. The van der Waals surface area contributed by atoms with Crippen LogP contribution in [0.25, 0.3) is 0 Å². The molecule has 0 saturated carbocycles. The number of amides is 2. The number of carbonyl (C=O) groups is 2. The molecule has 0 spiro atoms. The molecule has 0 aromatic heterocycles. The Labute approximate surface area is 240 Å². The van der Waals surface area contributed by atoms with Gasteiger partial charge in [-0.2, -0.15) is 0 Å². The van der Waals surface area contributed by atoms with Gasteiger partial charge < -0.3 is 10.2 Å². The highest BCUT2D eigenvalue weighted by Crippen LogP contribution is 2.27. The molecule has 7 nitrogen and oxygen atoms in total. The number of hydrogen-bond acceptors (Lipinski definition) is 4. The van der Waals surface area contributed by atoms with E-state index < -0.39 is 28.5 Å². The summed E-state index contributed by atoms with van der Waals surface area (Å²) in [5, 5.41) is 3.68. The van der Waals surface area contributed by atoms with Crippen molar-refractivity contribution in [2.45, 2.75) is 39.3 Å². The van der Waals surface area contributed by atoms with Crippen LogP contribution in [0.15, 0.2) is 72.8 Å². The number of rotatable bonds is 12. The molecule has 39 heavy (non-hydrogen) atoms. The van der Waals surface area contributed by atoms with Crippen molar-refractivity contribution in [3.05, 3.63) is 99.5 Å². The molecular weight excluding hydrogens is 557 g/mol. The highest BCUT2D eigenvalue weighted by Gasteiger charge is 2.33. The summed E-state index contributed by atoms with van der Waals surface area (Å²) in [6.07, 6.45) is 1.99. The molecule has 0 aliphatic heterocycles. The molecule has 0 bridgehead atoms. The van der Waals surface area contributed by atoms with Crippen LogP contribution in [-0.2, 0) is 32.6 Å². The van der Waals surface area contributed by atoms with Gasteiger partial charge in [0.1, 0.15) is 12.6 Å². The Morgan fingerprint density at radius 2 is 1.64 bits per heavy atom. The summed E-state index contributed by atoms with van der Waals surface area (Å²) in [6, 6.07) is 20.4. The maximum absolute atomic E-state index is 14.1. The average Bonchev–Trinajstić information content (AvgIpc) is 2.90. The van der Waals surface area contributed by atoms with Crippen LogP contribution in [0.1, 0.15) is 30.0 Å². The molecule has 0 heterocycles.